The highest BCUT2D eigenvalue weighted by Crippen LogP contribution is 2.37. The number of rotatable bonds is 4. The van der Waals surface area contributed by atoms with Gasteiger partial charge in [-0.15, -0.1) is 0 Å². The summed E-state index contributed by atoms with van der Waals surface area (Å²) in [6.45, 7) is 4.82. The Kier molecular flexibility index (Phi) is 3.22. The lowest BCUT2D eigenvalue weighted by Crippen LogP contribution is -2.32. The lowest BCUT2D eigenvalue weighted by atomic mass is 9.82. The van der Waals surface area contributed by atoms with Gasteiger partial charge in [0, 0.05) is 22.9 Å². The minimum absolute atomic E-state index is 0.235. The molecule has 92 valence electrons. The van der Waals surface area contributed by atoms with Gasteiger partial charge in [0.15, 0.2) is 0 Å². The van der Waals surface area contributed by atoms with Gasteiger partial charge in [0.2, 0.25) is 0 Å². The third-order valence-electron chi connectivity index (χ3n) is 3.18. The van der Waals surface area contributed by atoms with E-state index in [9.17, 15) is 5.11 Å². The molecule has 1 unspecified atom stereocenters. The number of nitrogens with one attached hydrogen (secondary N) is 1. The normalized spacial score (nSPS) is 14.1. The topological polar surface area (TPSA) is 45.4 Å². The number of hydrogen-bond donors (Lipinski definition) is 2. The van der Waals surface area contributed by atoms with Crippen LogP contribution in [0.5, 0.6) is 0 Å². The third-order valence-corrected chi connectivity index (χ3v) is 3.18. The second kappa shape index (κ2) is 4.51. The number of aliphatic hydroxyl groups is 1. The third kappa shape index (κ3) is 2.21. The smallest absolute Gasteiger partial charge is 0.134 e. The van der Waals surface area contributed by atoms with Crippen LogP contribution in [0.15, 0.2) is 34.9 Å². The Hall–Kier alpha value is -1.32. The van der Waals surface area contributed by atoms with E-state index >= 15 is 0 Å². The van der Waals surface area contributed by atoms with Crippen molar-refractivity contribution in [1.29, 1.82) is 0 Å². The van der Waals surface area contributed by atoms with Crippen molar-refractivity contribution in [3.05, 3.63) is 36.1 Å². The second-order valence-electron chi connectivity index (χ2n) is 5.11. The van der Waals surface area contributed by atoms with Crippen LogP contribution in [-0.2, 0) is 0 Å². The first-order chi connectivity index (χ1) is 8.06. The molecule has 0 fully saturated rings. The van der Waals surface area contributed by atoms with Gasteiger partial charge in [0.05, 0.1) is 12.4 Å². The second-order valence-corrected chi connectivity index (χ2v) is 5.11. The summed E-state index contributed by atoms with van der Waals surface area (Å²) < 4.78 is 5.46. The lowest BCUT2D eigenvalue weighted by molar-refractivity contribution is 0.0511. The summed E-state index contributed by atoms with van der Waals surface area (Å²) in [4.78, 5) is 0. The van der Waals surface area contributed by atoms with Gasteiger partial charge >= 0.3 is 0 Å². The van der Waals surface area contributed by atoms with Gasteiger partial charge < -0.3 is 14.8 Å². The molecule has 0 spiro atoms. The van der Waals surface area contributed by atoms with Crippen LogP contribution in [0.3, 0.4) is 0 Å². The highest BCUT2D eigenvalue weighted by atomic mass is 16.3. The standard InChI is InChI=1S/C14H19NO2/c1-14(2,9-15-3)13(16)11-8-17-12-7-5-4-6-10(11)12/h4-8,13,15-16H,9H2,1-3H3. The SMILES string of the molecule is CNCC(C)(C)C(O)c1coc2ccccc12. The molecule has 0 aliphatic carbocycles. The van der Waals surface area contributed by atoms with E-state index in [4.69, 9.17) is 4.42 Å². The maximum atomic E-state index is 10.5. The predicted molar refractivity (Wildman–Crippen MR) is 68.9 cm³/mol. The van der Waals surface area contributed by atoms with Gasteiger partial charge in [-0.2, -0.15) is 0 Å². The van der Waals surface area contributed by atoms with Crippen molar-refractivity contribution in [3.8, 4) is 0 Å². The Bertz CT molecular complexity index is 502. The van der Waals surface area contributed by atoms with Gasteiger partial charge in [-0.05, 0) is 13.1 Å². The molecule has 1 aromatic carbocycles. The van der Waals surface area contributed by atoms with E-state index in [-0.39, 0.29) is 5.41 Å². The number of aliphatic hydroxyl groups excluding tert-OH is 1. The van der Waals surface area contributed by atoms with E-state index in [1.54, 1.807) is 6.26 Å². The van der Waals surface area contributed by atoms with Crippen molar-refractivity contribution in [3.63, 3.8) is 0 Å². The zero-order valence-electron chi connectivity index (χ0n) is 10.5. The Morgan fingerprint density at radius 1 is 1.35 bits per heavy atom. The average Bonchev–Trinajstić information content (AvgIpc) is 2.71. The van der Waals surface area contributed by atoms with E-state index in [1.165, 1.54) is 0 Å². The van der Waals surface area contributed by atoms with E-state index < -0.39 is 6.10 Å². The maximum absolute atomic E-state index is 10.5. The van der Waals surface area contributed by atoms with E-state index in [0.29, 0.717) is 0 Å². The molecule has 0 aliphatic heterocycles. The summed E-state index contributed by atoms with van der Waals surface area (Å²) in [5.41, 5.74) is 1.45. The van der Waals surface area contributed by atoms with Crippen molar-refractivity contribution in [2.24, 2.45) is 5.41 Å². The Labute approximate surface area is 101 Å². The van der Waals surface area contributed by atoms with Gasteiger partial charge in [0.25, 0.3) is 0 Å². The van der Waals surface area contributed by atoms with Crippen LogP contribution < -0.4 is 5.32 Å². The Morgan fingerprint density at radius 3 is 2.76 bits per heavy atom. The monoisotopic (exact) mass is 233 g/mol. The van der Waals surface area contributed by atoms with Crippen molar-refractivity contribution in [1.82, 2.24) is 5.32 Å². The molecule has 2 rings (SSSR count). The molecule has 3 nitrogen and oxygen atoms in total. The van der Waals surface area contributed by atoms with E-state index in [1.807, 2.05) is 45.2 Å². The summed E-state index contributed by atoms with van der Waals surface area (Å²) in [5.74, 6) is 0. The molecular weight excluding hydrogens is 214 g/mol. The van der Waals surface area contributed by atoms with Gasteiger partial charge in [-0.1, -0.05) is 32.0 Å². The zero-order chi connectivity index (χ0) is 12.5. The zero-order valence-corrected chi connectivity index (χ0v) is 10.5. The van der Waals surface area contributed by atoms with Crippen LogP contribution in [0.2, 0.25) is 0 Å². The molecule has 0 aliphatic rings. The molecule has 0 saturated carbocycles. The Morgan fingerprint density at radius 2 is 2.06 bits per heavy atom. The predicted octanol–water partition coefficient (Wildman–Crippen LogP) is 2.71. The molecule has 0 bridgehead atoms. The van der Waals surface area contributed by atoms with Crippen molar-refractivity contribution >= 4 is 11.0 Å². The first-order valence-electron chi connectivity index (χ1n) is 5.85. The molecule has 1 aromatic heterocycles. The minimum atomic E-state index is -0.543. The van der Waals surface area contributed by atoms with Crippen LogP contribution in [0.1, 0.15) is 25.5 Å². The van der Waals surface area contributed by atoms with E-state index in [2.05, 4.69) is 5.32 Å². The molecule has 17 heavy (non-hydrogen) atoms. The summed E-state index contributed by atoms with van der Waals surface area (Å²) in [7, 11) is 1.89. The number of benzene rings is 1. The molecule has 3 heteroatoms. The fourth-order valence-corrected chi connectivity index (χ4v) is 2.18. The van der Waals surface area contributed by atoms with Crippen LogP contribution in [0.25, 0.3) is 11.0 Å². The first-order valence-corrected chi connectivity index (χ1v) is 5.85. The average molecular weight is 233 g/mol. The molecule has 0 saturated heterocycles. The van der Waals surface area contributed by atoms with Gasteiger partial charge in [-0.3, -0.25) is 0 Å². The lowest BCUT2D eigenvalue weighted by Gasteiger charge is -2.29. The van der Waals surface area contributed by atoms with Crippen molar-refractivity contribution < 1.29 is 9.52 Å². The molecular formula is C14H19NO2. The van der Waals surface area contributed by atoms with Crippen LogP contribution in [0.4, 0.5) is 0 Å². The van der Waals surface area contributed by atoms with Gasteiger partial charge in [-0.25, -0.2) is 0 Å². The molecule has 2 aromatic rings. The number of furan rings is 1. The number of hydrogen-bond acceptors (Lipinski definition) is 3. The van der Waals surface area contributed by atoms with Crippen LogP contribution in [0, 0.1) is 5.41 Å². The summed E-state index contributed by atoms with van der Waals surface area (Å²) in [5, 5.41) is 14.6. The fourth-order valence-electron chi connectivity index (χ4n) is 2.18. The Balaban J connectivity index is 2.40. The van der Waals surface area contributed by atoms with Crippen molar-refractivity contribution in [2.75, 3.05) is 13.6 Å². The highest BCUT2D eigenvalue weighted by Gasteiger charge is 2.30. The molecule has 0 radical (unpaired) electrons. The van der Waals surface area contributed by atoms with Crippen LogP contribution in [-0.4, -0.2) is 18.7 Å². The van der Waals surface area contributed by atoms with E-state index in [0.717, 1.165) is 23.1 Å². The largest absolute Gasteiger partial charge is 0.464 e. The first kappa shape index (κ1) is 12.1. The molecule has 0 amide bonds. The minimum Gasteiger partial charge on any atom is -0.464 e. The number of para-hydroxylation sites is 1. The molecule has 1 heterocycles. The highest BCUT2D eigenvalue weighted by molar-refractivity contribution is 5.81. The summed E-state index contributed by atoms with van der Waals surface area (Å²) in [6, 6.07) is 7.78. The summed E-state index contributed by atoms with van der Waals surface area (Å²) in [6.07, 6.45) is 1.12. The number of fused-ring (bicyclic) bond motifs is 1. The van der Waals surface area contributed by atoms with Gasteiger partial charge in [0.1, 0.15) is 5.58 Å². The quantitative estimate of drug-likeness (QED) is 0.853. The summed E-state index contributed by atoms with van der Waals surface area (Å²) >= 11 is 0. The molecule has 1 atom stereocenters. The van der Waals surface area contributed by atoms with Crippen LogP contribution >= 0.6 is 0 Å². The maximum Gasteiger partial charge on any atom is 0.134 e. The fraction of sp³-hybridized carbons (Fsp3) is 0.429. The molecule has 2 N–H and O–H groups in total. The van der Waals surface area contributed by atoms with Crippen molar-refractivity contribution in [2.45, 2.75) is 20.0 Å².